The van der Waals surface area contributed by atoms with Crippen molar-refractivity contribution in [3.8, 4) is 6.07 Å². The van der Waals surface area contributed by atoms with Crippen molar-refractivity contribution in [2.75, 3.05) is 32.3 Å². The van der Waals surface area contributed by atoms with E-state index in [2.05, 4.69) is 21.5 Å². The van der Waals surface area contributed by atoms with Gasteiger partial charge < -0.3 is 29.4 Å². The lowest BCUT2D eigenvalue weighted by Crippen LogP contribution is -2.47. The fourth-order valence-electron chi connectivity index (χ4n) is 4.37. The van der Waals surface area contributed by atoms with Gasteiger partial charge >= 0.3 is 11.9 Å². The molecular formula is C25H34N6O7. The van der Waals surface area contributed by atoms with Crippen LogP contribution in [0.2, 0.25) is 0 Å². The molecule has 38 heavy (non-hydrogen) atoms. The van der Waals surface area contributed by atoms with Crippen molar-refractivity contribution in [1.29, 1.82) is 5.26 Å². The summed E-state index contributed by atoms with van der Waals surface area (Å²) in [5.41, 5.74) is 5.61. The van der Waals surface area contributed by atoms with Crippen LogP contribution < -0.4 is 11.1 Å². The lowest BCUT2D eigenvalue weighted by Gasteiger charge is -2.28. The van der Waals surface area contributed by atoms with Gasteiger partial charge in [0.1, 0.15) is 42.3 Å². The monoisotopic (exact) mass is 530 g/mol. The topological polar surface area (TPSA) is 172 Å². The molecule has 0 radical (unpaired) electrons. The van der Waals surface area contributed by atoms with E-state index in [1.54, 1.807) is 37.4 Å². The van der Waals surface area contributed by atoms with Gasteiger partial charge in [0, 0.05) is 19.3 Å². The third kappa shape index (κ3) is 6.05. The zero-order valence-corrected chi connectivity index (χ0v) is 21.8. The summed E-state index contributed by atoms with van der Waals surface area (Å²) < 4.78 is 30.1. The summed E-state index contributed by atoms with van der Waals surface area (Å²) >= 11 is 0. The molecule has 2 aromatic rings. The van der Waals surface area contributed by atoms with Crippen LogP contribution in [-0.2, 0) is 33.3 Å². The van der Waals surface area contributed by atoms with Crippen molar-refractivity contribution in [1.82, 2.24) is 19.9 Å². The van der Waals surface area contributed by atoms with Crippen molar-refractivity contribution in [3.05, 3.63) is 24.2 Å². The molecule has 0 aliphatic carbocycles. The Morgan fingerprint density at radius 2 is 2.03 bits per heavy atom. The van der Waals surface area contributed by atoms with E-state index < -0.39 is 41.7 Å². The average Bonchev–Trinajstić information content (AvgIpc) is 3.50. The van der Waals surface area contributed by atoms with E-state index in [1.165, 1.54) is 6.33 Å². The highest BCUT2D eigenvalue weighted by Gasteiger charge is 2.53. The molecule has 13 nitrogen and oxygen atoms in total. The number of nitrogens with zero attached hydrogens (tertiary/aromatic N) is 4. The third-order valence-electron chi connectivity index (χ3n) is 6.67. The predicted molar refractivity (Wildman–Crippen MR) is 132 cm³/mol. The van der Waals surface area contributed by atoms with Gasteiger partial charge in [0.2, 0.25) is 5.60 Å². The number of nitrogens with two attached hydrogens (primary N) is 1. The van der Waals surface area contributed by atoms with Crippen molar-refractivity contribution in [2.24, 2.45) is 5.92 Å². The molecule has 0 unspecified atom stereocenters. The molecule has 4 heterocycles. The first-order valence-electron chi connectivity index (χ1n) is 12.7. The molecule has 3 N–H and O–H groups in total. The summed E-state index contributed by atoms with van der Waals surface area (Å²) in [7, 11) is 0. The van der Waals surface area contributed by atoms with Gasteiger partial charge in [-0.15, -0.1) is 0 Å². The largest absolute Gasteiger partial charge is 0.461 e. The standard InChI is InChI=1S/C25H34N6O7/c1-15(2)23(32)37-21-10-20(18-4-5-19-22(27)28-13-30-31(18)19)38-25(21,11-26)12-35-14-29-16(3)24(33)36-17-6-8-34-9-7-17/h4-5,13,15-17,20-21,29H,6-10,12,14H2,1-3H3,(H2,27,28,30)/t16-,20+,21-,25+/m0/s1. The summed E-state index contributed by atoms with van der Waals surface area (Å²) in [5.74, 6) is -0.930. The van der Waals surface area contributed by atoms with Gasteiger partial charge in [-0.05, 0) is 19.1 Å². The minimum Gasteiger partial charge on any atom is -0.461 e. The molecule has 2 fully saturated rings. The van der Waals surface area contributed by atoms with E-state index in [0.29, 0.717) is 43.1 Å². The molecule has 4 rings (SSSR count). The smallest absolute Gasteiger partial charge is 0.323 e. The molecule has 2 aromatic heterocycles. The van der Waals surface area contributed by atoms with E-state index in [9.17, 15) is 14.9 Å². The molecule has 13 heteroatoms. The van der Waals surface area contributed by atoms with Crippen LogP contribution in [0.3, 0.4) is 0 Å². The normalized spacial score (nSPS) is 24.8. The Balaban J connectivity index is 1.41. The first-order valence-corrected chi connectivity index (χ1v) is 12.7. The number of fused-ring (bicyclic) bond motifs is 1. The fraction of sp³-hybridized carbons (Fsp3) is 0.640. The number of anilines is 1. The van der Waals surface area contributed by atoms with Crippen LogP contribution in [0.5, 0.6) is 0 Å². The summed E-state index contributed by atoms with van der Waals surface area (Å²) in [6, 6.07) is 5.09. The first kappa shape index (κ1) is 27.7. The van der Waals surface area contributed by atoms with Gasteiger partial charge in [-0.25, -0.2) is 9.50 Å². The molecule has 4 atom stereocenters. The summed E-state index contributed by atoms with van der Waals surface area (Å²) in [6.45, 7) is 5.99. The Morgan fingerprint density at radius 3 is 2.74 bits per heavy atom. The molecule has 2 saturated heterocycles. The number of ether oxygens (including phenoxy) is 5. The summed E-state index contributed by atoms with van der Waals surface area (Å²) in [4.78, 5) is 28.8. The van der Waals surface area contributed by atoms with Crippen molar-refractivity contribution >= 4 is 23.3 Å². The molecule has 2 aliphatic heterocycles. The molecular weight excluding hydrogens is 496 g/mol. The van der Waals surface area contributed by atoms with Gasteiger partial charge in [-0.1, -0.05) is 13.8 Å². The fourth-order valence-corrected chi connectivity index (χ4v) is 4.37. The van der Waals surface area contributed by atoms with Crippen LogP contribution in [0.25, 0.3) is 5.52 Å². The highest BCUT2D eigenvalue weighted by molar-refractivity contribution is 5.75. The number of carbonyl (C=O) groups excluding carboxylic acids is 2. The molecule has 206 valence electrons. The van der Waals surface area contributed by atoms with E-state index in [1.807, 2.05) is 0 Å². The average molecular weight is 531 g/mol. The van der Waals surface area contributed by atoms with Crippen LogP contribution in [0.4, 0.5) is 5.82 Å². The Hall–Kier alpha value is -3.31. The zero-order chi connectivity index (χ0) is 27.3. The number of hydrogen-bond acceptors (Lipinski definition) is 12. The predicted octanol–water partition coefficient (Wildman–Crippen LogP) is 1.28. The number of nitriles is 1. The molecule has 2 aliphatic rings. The Labute approximate surface area is 220 Å². The van der Waals surface area contributed by atoms with Crippen LogP contribution >= 0.6 is 0 Å². The molecule has 0 aromatic carbocycles. The number of nitrogens with one attached hydrogen (secondary N) is 1. The maximum Gasteiger partial charge on any atom is 0.323 e. The van der Waals surface area contributed by atoms with E-state index in [4.69, 9.17) is 29.4 Å². The van der Waals surface area contributed by atoms with Crippen molar-refractivity contribution in [2.45, 2.75) is 70.0 Å². The quantitative estimate of drug-likeness (QED) is 0.256. The van der Waals surface area contributed by atoms with Gasteiger partial charge in [0.05, 0.1) is 38.2 Å². The molecule has 0 spiro atoms. The Kier molecular flexibility index (Phi) is 8.78. The lowest BCUT2D eigenvalue weighted by molar-refractivity contribution is -0.164. The zero-order valence-electron chi connectivity index (χ0n) is 21.8. The number of rotatable bonds is 10. The van der Waals surface area contributed by atoms with Crippen molar-refractivity contribution in [3.63, 3.8) is 0 Å². The SMILES string of the molecule is CC(C)C(=O)O[C@H]1C[C@H](c2ccc3c(N)ncnn23)O[C@]1(C#N)COCN[C@@H](C)C(=O)OC1CCOCC1. The number of hydrogen-bond donors (Lipinski definition) is 2. The molecule has 0 amide bonds. The van der Waals surface area contributed by atoms with Gasteiger partial charge in [-0.3, -0.25) is 14.9 Å². The Bertz CT molecular complexity index is 1170. The number of carbonyl (C=O) groups is 2. The first-order chi connectivity index (χ1) is 18.2. The number of nitrogen functional groups attached to an aromatic ring is 1. The van der Waals surface area contributed by atoms with Crippen LogP contribution in [0.1, 0.15) is 51.8 Å². The maximum absolute atomic E-state index is 12.5. The second-order valence-corrected chi connectivity index (χ2v) is 9.79. The van der Waals surface area contributed by atoms with Crippen LogP contribution in [0.15, 0.2) is 18.5 Å². The number of aromatic nitrogens is 3. The second-order valence-electron chi connectivity index (χ2n) is 9.79. The summed E-state index contributed by atoms with van der Waals surface area (Å²) in [5, 5.41) is 17.4. The van der Waals surface area contributed by atoms with Crippen LogP contribution in [-0.4, -0.2) is 76.9 Å². The lowest BCUT2D eigenvalue weighted by atomic mass is 9.98. The third-order valence-corrected chi connectivity index (χ3v) is 6.67. The van der Waals surface area contributed by atoms with E-state index in [0.717, 1.165) is 0 Å². The highest BCUT2D eigenvalue weighted by atomic mass is 16.6. The van der Waals surface area contributed by atoms with Gasteiger partial charge in [0.25, 0.3) is 0 Å². The summed E-state index contributed by atoms with van der Waals surface area (Å²) in [6.07, 6.45) is 1.21. The highest BCUT2D eigenvalue weighted by Crippen LogP contribution is 2.42. The van der Waals surface area contributed by atoms with Gasteiger partial charge in [0.15, 0.2) is 5.82 Å². The van der Waals surface area contributed by atoms with E-state index in [-0.39, 0.29) is 25.9 Å². The maximum atomic E-state index is 12.5. The number of esters is 2. The molecule has 0 bridgehead atoms. The van der Waals surface area contributed by atoms with E-state index >= 15 is 0 Å². The minimum atomic E-state index is -1.58. The van der Waals surface area contributed by atoms with Crippen molar-refractivity contribution < 1.29 is 33.3 Å². The second kappa shape index (κ2) is 12.0. The van der Waals surface area contributed by atoms with Crippen LogP contribution in [0, 0.1) is 17.2 Å². The minimum absolute atomic E-state index is 0.0514. The molecule has 0 saturated carbocycles. The van der Waals surface area contributed by atoms with Gasteiger partial charge in [-0.2, -0.15) is 10.4 Å². The Morgan fingerprint density at radius 1 is 1.26 bits per heavy atom.